The number of hydrogen-bond acceptors (Lipinski definition) is 2. The third-order valence-electron chi connectivity index (χ3n) is 6.62. The highest BCUT2D eigenvalue weighted by Gasteiger charge is 2.47. The van der Waals surface area contributed by atoms with E-state index in [-0.39, 0.29) is 11.9 Å². The third-order valence-corrected chi connectivity index (χ3v) is 6.62. The monoisotopic (exact) mass is 360 g/mol. The molecule has 0 saturated heterocycles. The maximum absolute atomic E-state index is 12.5. The van der Waals surface area contributed by atoms with E-state index < -0.39 is 0 Å². The van der Waals surface area contributed by atoms with Crippen LogP contribution >= 0.6 is 0 Å². The molecule has 5 rings (SSSR count). The fraction of sp³-hybridized carbons (Fsp3) is 0.458. The van der Waals surface area contributed by atoms with Gasteiger partial charge in [-0.1, -0.05) is 37.3 Å². The standard InChI is InChI=1S/C24H28N2O/c1-15-23(25-20-13-11-18(12-14-20)17-7-8-17)21-5-3-4-6-22(21)26(16(2)27)24(15)19-9-10-19/h3-6,11-15,17,19,23-25H,7-10H2,1-2H3/t15-,23?,24-/m1/s1. The molecule has 2 fully saturated rings. The number of rotatable bonds is 4. The fourth-order valence-electron chi connectivity index (χ4n) is 4.96. The van der Waals surface area contributed by atoms with E-state index in [1.54, 1.807) is 6.92 Å². The molecule has 2 aromatic carbocycles. The molecule has 1 aliphatic heterocycles. The van der Waals surface area contributed by atoms with Crippen molar-refractivity contribution < 1.29 is 4.79 Å². The first-order valence-electron chi connectivity index (χ1n) is 10.4. The molecule has 0 radical (unpaired) electrons. The number of amides is 1. The Hall–Kier alpha value is -2.29. The summed E-state index contributed by atoms with van der Waals surface area (Å²) in [7, 11) is 0. The van der Waals surface area contributed by atoms with E-state index in [1.807, 2.05) is 0 Å². The number of benzene rings is 2. The first kappa shape index (κ1) is 16.9. The van der Waals surface area contributed by atoms with Crippen LogP contribution in [0.3, 0.4) is 0 Å². The van der Waals surface area contributed by atoms with Gasteiger partial charge in [0.2, 0.25) is 5.91 Å². The summed E-state index contributed by atoms with van der Waals surface area (Å²) in [6, 6.07) is 18.0. The molecule has 3 atom stereocenters. The fourth-order valence-corrected chi connectivity index (χ4v) is 4.96. The van der Waals surface area contributed by atoms with Gasteiger partial charge in [0.25, 0.3) is 0 Å². The number of carbonyl (C=O) groups is 1. The lowest BCUT2D eigenvalue weighted by Gasteiger charge is -2.46. The van der Waals surface area contributed by atoms with Crippen LogP contribution in [-0.4, -0.2) is 11.9 Å². The summed E-state index contributed by atoms with van der Waals surface area (Å²) in [6.45, 7) is 4.02. The Kier molecular flexibility index (Phi) is 3.99. The molecule has 1 heterocycles. The first-order chi connectivity index (χ1) is 13.1. The number of anilines is 2. The van der Waals surface area contributed by atoms with Crippen molar-refractivity contribution in [1.82, 2.24) is 0 Å². The molecule has 0 aromatic heterocycles. The van der Waals surface area contributed by atoms with Gasteiger partial charge in [-0.25, -0.2) is 0 Å². The smallest absolute Gasteiger partial charge is 0.224 e. The molecule has 1 amide bonds. The van der Waals surface area contributed by atoms with Crippen LogP contribution in [-0.2, 0) is 4.79 Å². The Bertz CT molecular complexity index is 851. The van der Waals surface area contributed by atoms with Crippen molar-refractivity contribution in [1.29, 1.82) is 0 Å². The molecule has 1 unspecified atom stereocenters. The largest absolute Gasteiger partial charge is 0.378 e. The van der Waals surface area contributed by atoms with E-state index in [0.29, 0.717) is 17.9 Å². The maximum atomic E-state index is 12.5. The van der Waals surface area contributed by atoms with Crippen LogP contribution in [0.1, 0.15) is 62.6 Å². The highest BCUT2D eigenvalue weighted by Crippen LogP contribution is 2.50. The summed E-state index contributed by atoms with van der Waals surface area (Å²) in [6.07, 6.45) is 5.15. The van der Waals surface area contributed by atoms with Gasteiger partial charge in [-0.2, -0.15) is 0 Å². The SMILES string of the molecule is CC(=O)N1c2ccccc2C(Nc2ccc(C3CC3)cc2)[C@@H](C)[C@@H]1C1CC1. The molecule has 0 spiro atoms. The van der Waals surface area contributed by atoms with Gasteiger partial charge in [0.05, 0.1) is 6.04 Å². The lowest BCUT2D eigenvalue weighted by atomic mass is 9.80. The first-order valence-corrected chi connectivity index (χ1v) is 10.4. The predicted octanol–water partition coefficient (Wildman–Crippen LogP) is 5.50. The minimum Gasteiger partial charge on any atom is -0.378 e. The van der Waals surface area contributed by atoms with Gasteiger partial charge in [0, 0.05) is 30.3 Å². The normalized spacial score (nSPS) is 27.2. The summed E-state index contributed by atoms with van der Waals surface area (Å²) in [5, 5.41) is 3.81. The Morgan fingerprint density at radius 1 is 1.00 bits per heavy atom. The predicted molar refractivity (Wildman–Crippen MR) is 110 cm³/mol. The average Bonchev–Trinajstić information content (AvgIpc) is 3.56. The van der Waals surface area contributed by atoms with Crippen molar-refractivity contribution in [3.63, 3.8) is 0 Å². The molecule has 2 aliphatic carbocycles. The van der Waals surface area contributed by atoms with E-state index in [9.17, 15) is 4.79 Å². The van der Waals surface area contributed by atoms with Gasteiger partial charge >= 0.3 is 0 Å². The zero-order valence-corrected chi connectivity index (χ0v) is 16.2. The molecule has 140 valence electrons. The number of carbonyl (C=O) groups excluding carboxylic acids is 1. The highest BCUT2D eigenvalue weighted by atomic mass is 16.2. The van der Waals surface area contributed by atoms with Gasteiger partial charge in [-0.3, -0.25) is 4.79 Å². The van der Waals surface area contributed by atoms with Crippen molar-refractivity contribution in [2.24, 2.45) is 11.8 Å². The third kappa shape index (κ3) is 3.03. The topological polar surface area (TPSA) is 32.3 Å². The average molecular weight is 361 g/mol. The second kappa shape index (κ2) is 6.40. The molecule has 1 N–H and O–H groups in total. The maximum Gasteiger partial charge on any atom is 0.224 e. The number of fused-ring (bicyclic) bond motifs is 1. The molecule has 27 heavy (non-hydrogen) atoms. The molecular formula is C24H28N2O. The van der Waals surface area contributed by atoms with E-state index >= 15 is 0 Å². The minimum atomic E-state index is 0.165. The van der Waals surface area contributed by atoms with Crippen LogP contribution in [0.5, 0.6) is 0 Å². The quantitative estimate of drug-likeness (QED) is 0.781. The van der Waals surface area contributed by atoms with Gasteiger partial charge < -0.3 is 10.2 Å². The van der Waals surface area contributed by atoms with Crippen molar-refractivity contribution in [2.45, 2.75) is 57.5 Å². The second-order valence-corrected chi connectivity index (χ2v) is 8.65. The zero-order chi connectivity index (χ0) is 18.5. The van der Waals surface area contributed by atoms with E-state index in [4.69, 9.17) is 0 Å². The van der Waals surface area contributed by atoms with Crippen molar-refractivity contribution in [2.75, 3.05) is 10.2 Å². The van der Waals surface area contributed by atoms with Gasteiger partial charge in [0.1, 0.15) is 0 Å². The summed E-state index contributed by atoms with van der Waals surface area (Å²) in [5.74, 6) is 1.97. The molecular weight excluding hydrogens is 332 g/mol. The Morgan fingerprint density at radius 2 is 1.70 bits per heavy atom. The summed E-state index contributed by atoms with van der Waals surface area (Å²) >= 11 is 0. The van der Waals surface area contributed by atoms with Crippen molar-refractivity contribution in [3.8, 4) is 0 Å². The van der Waals surface area contributed by atoms with Crippen molar-refractivity contribution >= 4 is 17.3 Å². The van der Waals surface area contributed by atoms with Gasteiger partial charge in [-0.05, 0) is 66.8 Å². The summed E-state index contributed by atoms with van der Waals surface area (Å²) in [5.41, 5.74) is 4.98. The summed E-state index contributed by atoms with van der Waals surface area (Å²) in [4.78, 5) is 14.6. The Balaban J connectivity index is 1.50. The highest BCUT2D eigenvalue weighted by molar-refractivity contribution is 5.94. The van der Waals surface area contributed by atoms with E-state index in [1.165, 1.54) is 42.5 Å². The van der Waals surface area contributed by atoms with E-state index in [0.717, 1.165) is 11.6 Å². The van der Waals surface area contributed by atoms with Crippen LogP contribution < -0.4 is 10.2 Å². The van der Waals surface area contributed by atoms with Crippen LogP contribution in [0.25, 0.3) is 0 Å². The Morgan fingerprint density at radius 3 is 2.33 bits per heavy atom. The van der Waals surface area contributed by atoms with Crippen LogP contribution in [0.2, 0.25) is 0 Å². The molecule has 3 heteroatoms. The molecule has 2 saturated carbocycles. The molecule has 0 bridgehead atoms. The van der Waals surface area contributed by atoms with Gasteiger partial charge in [-0.15, -0.1) is 0 Å². The number of para-hydroxylation sites is 1. The Labute approximate surface area is 161 Å². The lowest BCUT2D eigenvalue weighted by Crippen LogP contribution is -2.51. The second-order valence-electron chi connectivity index (χ2n) is 8.65. The van der Waals surface area contributed by atoms with Crippen LogP contribution in [0.15, 0.2) is 48.5 Å². The lowest BCUT2D eigenvalue weighted by molar-refractivity contribution is -0.117. The van der Waals surface area contributed by atoms with E-state index in [2.05, 4.69) is 65.7 Å². The number of nitrogens with zero attached hydrogens (tertiary/aromatic N) is 1. The number of nitrogens with one attached hydrogen (secondary N) is 1. The molecule has 2 aromatic rings. The molecule has 3 nitrogen and oxygen atoms in total. The van der Waals surface area contributed by atoms with Gasteiger partial charge in [0.15, 0.2) is 0 Å². The zero-order valence-electron chi connectivity index (χ0n) is 16.2. The number of hydrogen-bond donors (Lipinski definition) is 1. The molecule has 3 aliphatic rings. The minimum absolute atomic E-state index is 0.165. The summed E-state index contributed by atoms with van der Waals surface area (Å²) < 4.78 is 0. The van der Waals surface area contributed by atoms with Crippen LogP contribution in [0.4, 0.5) is 11.4 Å². The van der Waals surface area contributed by atoms with Crippen LogP contribution in [0, 0.1) is 11.8 Å². The van der Waals surface area contributed by atoms with Crippen molar-refractivity contribution in [3.05, 3.63) is 59.7 Å².